The van der Waals surface area contributed by atoms with Crippen molar-refractivity contribution in [1.82, 2.24) is 15.3 Å². The van der Waals surface area contributed by atoms with E-state index in [0.717, 1.165) is 31.6 Å². The van der Waals surface area contributed by atoms with Crippen LogP contribution in [0.3, 0.4) is 0 Å². The molecule has 0 saturated carbocycles. The number of rotatable bonds is 4. The lowest BCUT2D eigenvalue weighted by molar-refractivity contribution is 0.453. The third-order valence-electron chi connectivity index (χ3n) is 3.45. The Morgan fingerprint density at radius 1 is 1.60 bits per heavy atom. The first-order chi connectivity index (χ1) is 9.76. The number of aromatic nitrogens is 2. The van der Waals surface area contributed by atoms with Gasteiger partial charge in [0.1, 0.15) is 18.2 Å². The fourth-order valence-electron chi connectivity index (χ4n) is 2.43. The molecule has 1 aromatic heterocycles. The van der Waals surface area contributed by atoms with Crippen LogP contribution in [0.5, 0.6) is 0 Å². The van der Waals surface area contributed by atoms with E-state index in [2.05, 4.69) is 15.3 Å². The van der Waals surface area contributed by atoms with Gasteiger partial charge in [-0.1, -0.05) is 12.2 Å². The summed E-state index contributed by atoms with van der Waals surface area (Å²) in [6.07, 6.45) is 9.09. The Hall–Kier alpha value is -1.75. The van der Waals surface area contributed by atoms with Gasteiger partial charge < -0.3 is 11.1 Å². The van der Waals surface area contributed by atoms with E-state index >= 15 is 0 Å². The van der Waals surface area contributed by atoms with Crippen LogP contribution in [0.15, 0.2) is 24.4 Å². The van der Waals surface area contributed by atoms with Crippen molar-refractivity contribution >= 4 is 11.4 Å². The first kappa shape index (κ1) is 14.7. The molecule has 2 rings (SSSR count). The lowest BCUT2D eigenvalue weighted by Gasteiger charge is -2.22. The molecule has 0 bridgehead atoms. The number of hydrogen-bond donors (Lipinski definition) is 2. The molecule has 1 aromatic rings. The van der Waals surface area contributed by atoms with Crippen LogP contribution < -0.4 is 11.1 Å². The molecule has 1 aliphatic rings. The van der Waals surface area contributed by atoms with Crippen molar-refractivity contribution in [3.63, 3.8) is 0 Å². The Kier molecular flexibility index (Phi) is 5.24. The van der Waals surface area contributed by atoms with Crippen LogP contribution in [0.4, 0.5) is 10.2 Å². The Balaban J connectivity index is 2.34. The predicted octanol–water partition coefficient (Wildman–Crippen LogP) is 2.45. The molecule has 3 N–H and O–H groups in total. The summed E-state index contributed by atoms with van der Waals surface area (Å²) in [6.45, 7) is 3.29. The van der Waals surface area contributed by atoms with Crippen LogP contribution in [-0.2, 0) is 0 Å². The second kappa shape index (κ2) is 7.14. The highest BCUT2D eigenvalue weighted by Crippen LogP contribution is 2.25. The van der Waals surface area contributed by atoms with Gasteiger partial charge in [-0.15, -0.1) is 0 Å². The molecule has 1 aliphatic heterocycles. The molecule has 1 unspecified atom stereocenters. The van der Waals surface area contributed by atoms with Crippen LogP contribution in [0.2, 0.25) is 0 Å². The molecule has 0 spiro atoms. The van der Waals surface area contributed by atoms with Crippen molar-refractivity contribution in [3.8, 4) is 0 Å². The van der Waals surface area contributed by atoms with Crippen LogP contribution >= 0.6 is 0 Å². The highest BCUT2D eigenvalue weighted by molar-refractivity contribution is 5.77. The third kappa shape index (κ3) is 3.42. The number of halogens is 1. The van der Waals surface area contributed by atoms with Crippen molar-refractivity contribution in [2.24, 2.45) is 0 Å². The molecule has 0 aromatic carbocycles. The van der Waals surface area contributed by atoms with Crippen molar-refractivity contribution in [2.75, 3.05) is 25.5 Å². The molecule has 0 radical (unpaired) electrons. The molecule has 1 saturated heterocycles. The molecule has 2 heterocycles. The maximum Gasteiger partial charge on any atom is 0.149 e. The summed E-state index contributed by atoms with van der Waals surface area (Å²) < 4.78 is 12.6. The molecule has 5 heteroatoms. The highest BCUT2D eigenvalue weighted by Gasteiger charge is 2.18. The van der Waals surface area contributed by atoms with E-state index in [1.165, 1.54) is 6.08 Å². The van der Waals surface area contributed by atoms with Crippen LogP contribution in [0, 0.1) is 0 Å². The van der Waals surface area contributed by atoms with E-state index in [1.807, 2.05) is 19.1 Å². The van der Waals surface area contributed by atoms with Crippen LogP contribution in [-0.4, -0.2) is 29.7 Å². The van der Waals surface area contributed by atoms with Crippen LogP contribution in [0.1, 0.15) is 37.1 Å². The van der Waals surface area contributed by atoms with Gasteiger partial charge in [-0.05, 0) is 32.4 Å². The quantitative estimate of drug-likeness (QED) is 0.829. The zero-order valence-corrected chi connectivity index (χ0v) is 11.8. The van der Waals surface area contributed by atoms with Gasteiger partial charge in [0.15, 0.2) is 0 Å². The summed E-state index contributed by atoms with van der Waals surface area (Å²) in [7, 11) is 0. The fourth-order valence-corrected chi connectivity index (χ4v) is 2.43. The molecule has 108 valence electrons. The van der Waals surface area contributed by atoms with Crippen molar-refractivity contribution < 1.29 is 4.39 Å². The largest absolute Gasteiger partial charge is 0.382 e. The van der Waals surface area contributed by atoms with Gasteiger partial charge in [-0.2, -0.15) is 0 Å². The summed E-state index contributed by atoms with van der Waals surface area (Å²) >= 11 is 0. The van der Waals surface area contributed by atoms with Gasteiger partial charge >= 0.3 is 0 Å². The van der Waals surface area contributed by atoms with Gasteiger partial charge in [-0.3, -0.25) is 0 Å². The minimum atomic E-state index is -0.546. The number of nitrogens with one attached hydrogen (secondary N) is 1. The minimum absolute atomic E-state index is 0.343. The van der Waals surface area contributed by atoms with E-state index in [4.69, 9.17) is 5.73 Å². The topological polar surface area (TPSA) is 63.8 Å². The highest BCUT2D eigenvalue weighted by atomic mass is 19.1. The van der Waals surface area contributed by atoms with Gasteiger partial charge in [0.05, 0.1) is 11.9 Å². The predicted molar refractivity (Wildman–Crippen MR) is 80.1 cm³/mol. The zero-order valence-electron chi connectivity index (χ0n) is 11.8. The average molecular weight is 276 g/mol. The summed E-state index contributed by atoms with van der Waals surface area (Å²) in [5.41, 5.74) is 8.08. The van der Waals surface area contributed by atoms with Crippen molar-refractivity contribution in [1.29, 1.82) is 0 Å². The van der Waals surface area contributed by atoms with E-state index in [0.29, 0.717) is 23.0 Å². The number of alkyl halides is 1. The molecule has 0 amide bonds. The molecular formula is C15H21FN4. The Morgan fingerprint density at radius 3 is 3.10 bits per heavy atom. The lowest BCUT2D eigenvalue weighted by Crippen LogP contribution is -2.29. The minimum Gasteiger partial charge on any atom is -0.382 e. The molecular weight excluding hydrogens is 255 g/mol. The Labute approximate surface area is 119 Å². The van der Waals surface area contributed by atoms with E-state index in [1.54, 1.807) is 6.20 Å². The molecule has 0 aliphatic carbocycles. The number of hydrogen-bond acceptors (Lipinski definition) is 4. The number of anilines is 1. The second-order valence-corrected chi connectivity index (χ2v) is 4.89. The third-order valence-corrected chi connectivity index (χ3v) is 3.45. The van der Waals surface area contributed by atoms with Crippen molar-refractivity contribution in [2.45, 2.75) is 25.7 Å². The monoisotopic (exact) mass is 276 g/mol. The van der Waals surface area contributed by atoms with Crippen LogP contribution in [0.25, 0.3) is 5.57 Å². The fraction of sp³-hybridized carbons (Fsp3) is 0.467. The van der Waals surface area contributed by atoms with E-state index in [9.17, 15) is 4.39 Å². The maximum atomic E-state index is 12.6. The second-order valence-electron chi connectivity index (χ2n) is 4.89. The SMILES string of the molecule is CC=CC(=CCF)c1nc(C2CCCNC2)cnc1N. The summed E-state index contributed by atoms with van der Waals surface area (Å²) in [6, 6.07) is 0. The van der Waals surface area contributed by atoms with Gasteiger partial charge in [0.25, 0.3) is 0 Å². The first-order valence-electron chi connectivity index (χ1n) is 6.98. The average Bonchev–Trinajstić information content (AvgIpc) is 2.48. The number of nitrogens with zero attached hydrogens (tertiary/aromatic N) is 2. The van der Waals surface area contributed by atoms with Gasteiger partial charge in [-0.25, -0.2) is 14.4 Å². The van der Waals surface area contributed by atoms with Gasteiger partial charge in [0, 0.05) is 18.0 Å². The summed E-state index contributed by atoms with van der Waals surface area (Å²) in [4.78, 5) is 8.85. The smallest absolute Gasteiger partial charge is 0.149 e. The number of nitrogen functional groups attached to an aromatic ring is 1. The van der Waals surface area contributed by atoms with E-state index in [-0.39, 0.29) is 0 Å². The Bertz CT molecular complexity index is 505. The lowest BCUT2D eigenvalue weighted by atomic mass is 9.96. The normalized spacial score (nSPS) is 20.5. The number of nitrogens with two attached hydrogens (primary N) is 1. The van der Waals surface area contributed by atoms with Gasteiger partial charge in [0.2, 0.25) is 0 Å². The maximum absolute atomic E-state index is 12.6. The van der Waals surface area contributed by atoms with Crippen molar-refractivity contribution in [3.05, 3.63) is 35.8 Å². The molecule has 4 nitrogen and oxygen atoms in total. The zero-order chi connectivity index (χ0) is 14.4. The number of allylic oxidation sites excluding steroid dienone is 4. The van der Waals surface area contributed by atoms with E-state index < -0.39 is 6.67 Å². The molecule has 20 heavy (non-hydrogen) atoms. The molecule has 1 atom stereocenters. The first-order valence-corrected chi connectivity index (χ1v) is 6.98. The summed E-state index contributed by atoms with van der Waals surface area (Å²) in [5.74, 6) is 0.697. The Morgan fingerprint density at radius 2 is 2.45 bits per heavy atom. The molecule has 1 fully saturated rings. The summed E-state index contributed by atoms with van der Waals surface area (Å²) in [5, 5.41) is 3.36. The number of piperidine rings is 1. The standard InChI is InChI=1S/C15H21FN4/c1-2-4-11(6-7-16)14-15(17)19-10-13(20-14)12-5-3-8-18-9-12/h2,4,6,10,12,18H,3,5,7-9H2,1H3,(H2,17,19).